The van der Waals surface area contributed by atoms with Crippen LogP contribution in [0.1, 0.15) is 35.7 Å². The number of halogens is 2. The number of carbonyl (C=O) groups is 1. The third-order valence-corrected chi connectivity index (χ3v) is 4.21. The third kappa shape index (κ3) is 3.62. The van der Waals surface area contributed by atoms with Gasteiger partial charge in [0.25, 0.3) is 5.91 Å². The zero-order valence-electron chi connectivity index (χ0n) is 11.3. The topological polar surface area (TPSA) is 29.1 Å². The monoisotopic (exact) mass is 351 g/mol. The molecular weight excluding hydrogens is 338 g/mol. The molecule has 0 atom stereocenters. The van der Waals surface area contributed by atoms with Crippen LogP contribution in [-0.2, 0) is 0 Å². The first kappa shape index (κ1) is 15.1. The Kier molecular flexibility index (Phi) is 4.84. The Balaban J connectivity index is 2.19. The second kappa shape index (κ2) is 6.42. The highest BCUT2D eigenvalue weighted by molar-refractivity contribution is 9.10. The fraction of sp³-hybridized carbons (Fsp3) is 0.188. The maximum absolute atomic E-state index is 12.2. The molecule has 1 amide bonds. The maximum Gasteiger partial charge on any atom is 0.255 e. The van der Waals surface area contributed by atoms with Gasteiger partial charge in [-0.05, 0) is 57.7 Å². The summed E-state index contributed by atoms with van der Waals surface area (Å²) >= 11 is 9.24. The van der Waals surface area contributed by atoms with Gasteiger partial charge in [0, 0.05) is 15.7 Å². The average molecular weight is 353 g/mol. The molecule has 0 heterocycles. The summed E-state index contributed by atoms with van der Waals surface area (Å²) in [5, 5.41) is 3.48. The molecule has 0 radical (unpaired) electrons. The van der Waals surface area contributed by atoms with Crippen molar-refractivity contribution in [3.05, 3.63) is 63.1 Å². The molecule has 2 aromatic carbocycles. The second-order valence-corrected chi connectivity index (χ2v) is 6.12. The van der Waals surface area contributed by atoms with Crippen molar-refractivity contribution < 1.29 is 4.79 Å². The van der Waals surface area contributed by atoms with Gasteiger partial charge < -0.3 is 5.32 Å². The Morgan fingerprint density at radius 1 is 1.20 bits per heavy atom. The zero-order chi connectivity index (χ0) is 14.7. The van der Waals surface area contributed by atoms with Crippen LogP contribution in [0.4, 0.5) is 5.69 Å². The van der Waals surface area contributed by atoms with Crippen LogP contribution in [0.5, 0.6) is 0 Å². The molecule has 1 N–H and O–H groups in total. The summed E-state index contributed by atoms with van der Waals surface area (Å²) in [5.41, 5.74) is 2.56. The highest BCUT2D eigenvalue weighted by Gasteiger charge is 2.09. The number of rotatable bonds is 3. The number of benzene rings is 2. The first-order chi connectivity index (χ1) is 9.47. The molecule has 4 heteroatoms. The van der Waals surface area contributed by atoms with Crippen LogP contribution < -0.4 is 5.32 Å². The van der Waals surface area contributed by atoms with Crippen LogP contribution in [0.2, 0.25) is 5.02 Å². The number of hydrogen-bond donors (Lipinski definition) is 1. The van der Waals surface area contributed by atoms with E-state index >= 15 is 0 Å². The number of anilines is 1. The van der Waals surface area contributed by atoms with Crippen molar-refractivity contribution in [3.8, 4) is 0 Å². The molecule has 0 aliphatic carbocycles. The number of nitrogens with one attached hydrogen (secondary N) is 1. The van der Waals surface area contributed by atoms with Gasteiger partial charge in [0.05, 0.1) is 5.02 Å². The SMILES string of the molecule is CC(C)c1cccc(NC(=O)c2ccc(Cl)c(Br)c2)c1. The van der Waals surface area contributed by atoms with Gasteiger partial charge in [-0.1, -0.05) is 37.6 Å². The van der Waals surface area contributed by atoms with Crippen molar-refractivity contribution in [1.82, 2.24) is 0 Å². The van der Waals surface area contributed by atoms with E-state index in [1.54, 1.807) is 18.2 Å². The zero-order valence-corrected chi connectivity index (χ0v) is 13.6. The molecule has 0 saturated carbocycles. The van der Waals surface area contributed by atoms with Gasteiger partial charge in [-0.3, -0.25) is 4.79 Å². The number of carbonyl (C=O) groups excluding carboxylic acids is 1. The Labute approximate surface area is 132 Å². The summed E-state index contributed by atoms with van der Waals surface area (Å²) in [6, 6.07) is 13.0. The molecule has 0 spiro atoms. The molecule has 0 fully saturated rings. The molecule has 20 heavy (non-hydrogen) atoms. The second-order valence-electron chi connectivity index (χ2n) is 4.86. The van der Waals surface area contributed by atoms with E-state index < -0.39 is 0 Å². The fourth-order valence-electron chi connectivity index (χ4n) is 1.82. The van der Waals surface area contributed by atoms with Crippen molar-refractivity contribution in [3.63, 3.8) is 0 Å². The van der Waals surface area contributed by atoms with Crippen molar-refractivity contribution >= 4 is 39.1 Å². The fourth-order valence-corrected chi connectivity index (χ4v) is 2.31. The van der Waals surface area contributed by atoms with Gasteiger partial charge in [0.2, 0.25) is 0 Å². The maximum atomic E-state index is 12.2. The molecule has 2 aromatic rings. The van der Waals surface area contributed by atoms with Crippen LogP contribution in [0.3, 0.4) is 0 Å². The van der Waals surface area contributed by atoms with Gasteiger partial charge in [-0.2, -0.15) is 0 Å². The van der Waals surface area contributed by atoms with E-state index in [1.807, 2.05) is 18.2 Å². The molecule has 0 aromatic heterocycles. The normalized spacial score (nSPS) is 10.7. The van der Waals surface area contributed by atoms with E-state index in [9.17, 15) is 4.79 Å². The van der Waals surface area contributed by atoms with E-state index in [2.05, 4.69) is 41.2 Å². The summed E-state index contributed by atoms with van der Waals surface area (Å²) in [5.74, 6) is 0.278. The van der Waals surface area contributed by atoms with Crippen molar-refractivity contribution in [2.24, 2.45) is 0 Å². The first-order valence-electron chi connectivity index (χ1n) is 6.33. The molecule has 2 nitrogen and oxygen atoms in total. The Bertz CT molecular complexity index is 640. The van der Waals surface area contributed by atoms with Crippen LogP contribution in [-0.4, -0.2) is 5.91 Å². The lowest BCUT2D eigenvalue weighted by atomic mass is 10.0. The Hall–Kier alpha value is -1.32. The quantitative estimate of drug-likeness (QED) is 0.779. The largest absolute Gasteiger partial charge is 0.322 e. The number of hydrogen-bond acceptors (Lipinski definition) is 1. The van der Waals surface area contributed by atoms with Crippen LogP contribution in [0.25, 0.3) is 0 Å². The van der Waals surface area contributed by atoms with E-state index in [0.717, 1.165) is 5.69 Å². The van der Waals surface area contributed by atoms with Gasteiger partial charge in [0.1, 0.15) is 0 Å². The van der Waals surface area contributed by atoms with Crippen LogP contribution in [0, 0.1) is 0 Å². The minimum absolute atomic E-state index is 0.150. The first-order valence-corrected chi connectivity index (χ1v) is 7.51. The Morgan fingerprint density at radius 3 is 2.60 bits per heavy atom. The smallest absolute Gasteiger partial charge is 0.255 e. The van der Waals surface area contributed by atoms with Crippen LogP contribution in [0.15, 0.2) is 46.9 Å². The van der Waals surface area contributed by atoms with E-state index in [-0.39, 0.29) is 5.91 Å². The average Bonchev–Trinajstić information content (AvgIpc) is 2.42. The molecular formula is C16H15BrClNO. The van der Waals surface area contributed by atoms with Crippen LogP contribution >= 0.6 is 27.5 Å². The highest BCUT2D eigenvalue weighted by Crippen LogP contribution is 2.24. The van der Waals surface area contributed by atoms with Gasteiger partial charge in [-0.15, -0.1) is 0 Å². The molecule has 104 valence electrons. The predicted molar refractivity (Wildman–Crippen MR) is 87.6 cm³/mol. The standard InChI is InChI=1S/C16H15BrClNO/c1-10(2)11-4-3-5-13(8-11)19-16(20)12-6-7-15(18)14(17)9-12/h3-10H,1-2H3,(H,19,20). The summed E-state index contributed by atoms with van der Waals surface area (Å²) in [7, 11) is 0. The minimum atomic E-state index is -0.150. The highest BCUT2D eigenvalue weighted by atomic mass is 79.9. The summed E-state index contributed by atoms with van der Waals surface area (Å²) in [4.78, 5) is 12.2. The van der Waals surface area contributed by atoms with Crippen molar-refractivity contribution in [1.29, 1.82) is 0 Å². The van der Waals surface area contributed by atoms with Crippen molar-refractivity contribution in [2.75, 3.05) is 5.32 Å². The Morgan fingerprint density at radius 2 is 1.95 bits per heavy atom. The minimum Gasteiger partial charge on any atom is -0.322 e. The lowest BCUT2D eigenvalue weighted by molar-refractivity contribution is 0.102. The van der Waals surface area contributed by atoms with E-state index in [1.165, 1.54) is 5.56 Å². The predicted octanol–water partition coefficient (Wildman–Crippen LogP) is 5.48. The molecule has 0 aliphatic rings. The van der Waals surface area contributed by atoms with Gasteiger partial charge in [-0.25, -0.2) is 0 Å². The lowest BCUT2D eigenvalue weighted by Gasteiger charge is -2.10. The molecule has 0 aliphatic heterocycles. The van der Waals surface area contributed by atoms with E-state index in [4.69, 9.17) is 11.6 Å². The van der Waals surface area contributed by atoms with Gasteiger partial charge in [0.15, 0.2) is 0 Å². The molecule has 0 unspecified atom stereocenters. The number of amides is 1. The van der Waals surface area contributed by atoms with E-state index in [0.29, 0.717) is 21.0 Å². The summed E-state index contributed by atoms with van der Waals surface area (Å²) in [6.45, 7) is 4.24. The molecule has 0 bridgehead atoms. The van der Waals surface area contributed by atoms with Gasteiger partial charge >= 0.3 is 0 Å². The third-order valence-electron chi connectivity index (χ3n) is 2.99. The lowest BCUT2D eigenvalue weighted by Crippen LogP contribution is -2.12. The summed E-state index contributed by atoms with van der Waals surface area (Å²) < 4.78 is 0.711. The molecule has 2 rings (SSSR count). The summed E-state index contributed by atoms with van der Waals surface area (Å²) in [6.07, 6.45) is 0. The van der Waals surface area contributed by atoms with Crippen molar-refractivity contribution in [2.45, 2.75) is 19.8 Å². The molecule has 0 saturated heterocycles.